The van der Waals surface area contributed by atoms with Crippen molar-refractivity contribution in [3.8, 4) is 0 Å². The second kappa shape index (κ2) is 6.00. The zero-order chi connectivity index (χ0) is 15.6. The van der Waals surface area contributed by atoms with Gasteiger partial charge in [0.25, 0.3) is 0 Å². The number of methoxy groups -OCH3 is 1. The lowest BCUT2D eigenvalue weighted by Crippen LogP contribution is -2.53. The molecular weight excluding hydrogens is 296 g/mol. The Bertz CT molecular complexity index is 624. The fourth-order valence-corrected chi connectivity index (χ4v) is 4.21. The van der Waals surface area contributed by atoms with Gasteiger partial charge < -0.3 is 15.2 Å². The van der Waals surface area contributed by atoms with Crippen LogP contribution in [0.2, 0.25) is 0 Å². The summed E-state index contributed by atoms with van der Waals surface area (Å²) in [6.07, 6.45) is 0. The van der Waals surface area contributed by atoms with Crippen molar-refractivity contribution in [2.45, 2.75) is 17.9 Å². The summed E-state index contributed by atoms with van der Waals surface area (Å²) in [6, 6.07) is 3.87. The minimum absolute atomic E-state index is 0.0285. The molecule has 0 saturated carbocycles. The normalized spacial score (nSPS) is 20.2. The Morgan fingerprint density at radius 3 is 2.81 bits per heavy atom. The third-order valence-corrected chi connectivity index (χ3v) is 5.49. The highest BCUT2D eigenvalue weighted by atomic mass is 32.2. The summed E-state index contributed by atoms with van der Waals surface area (Å²) in [6.45, 7) is 1.93. The molecule has 0 aliphatic carbocycles. The van der Waals surface area contributed by atoms with E-state index >= 15 is 0 Å². The summed E-state index contributed by atoms with van der Waals surface area (Å²) in [5, 5.41) is 0. The number of aryl methyl sites for hydroxylation is 1. The quantitative estimate of drug-likeness (QED) is 0.629. The van der Waals surface area contributed by atoms with Crippen LogP contribution in [0.1, 0.15) is 5.56 Å². The van der Waals surface area contributed by atoms with E-state index in [-0.39, 0.29) is 30.3 Å². The molecule has 1 unspecified atom stereocenters. The zero-order valence-electron chi connectivity index (χ0n) is 11.9. The van der Waals surface area contributed by atoms with Crippen LogP contribution in [0.15, 0.2) is 23.1 Å². The average Bonchev–Trinajstić information content (AvgIpc) is 2.46. The second-order valence-corrected chi connectivity index (χ2v) is 6.55. The third-order valence-electron chi connectivity index (χ3n) is 3.36. The minimum atomic E-state index is -3.90. The number of hydrogen-bond acceptors (Lipinski definition) is 6. The second-order valence-electron chi connectivity index (χ2n) is 4.72. The molecule has 1 saturated heterocycles. The topological polar surface area (TPSA) is 98.9 Å². The van der Waals surface area contributed by atoms with Crippen LogP contribution in [0.25, 0.3) is 0 Å². The molecule has 2 N–H and O–H groups in total. The van der Waals surface area contributed by atoms with Crippen LogP contribution < -0.4 is 5.73 Å². The van der Waals surface area contributed by atoms with Gasteiger partial charge in [-0.3, -0.25) is 4.79 Å². The number of nitrogen functional groups attached to an aromatic ring is 1. The Balaban J connectivity index is 2.48. The molecule has 0 aromatic heterocycles. The van der Waals surface area contributed by atoms with Crippen molar-refractivity contribution in [2.24, 2.45) is 0 Å². The van der Waals surface area contributed by atoms with Crippen molar-refractivity contribution < 1.29 is 22.7 Å². The molecule has 0 spiro atoms. The number of carbonyl (C=O) groups is 1. The molecule has 1 heterocycles. The number of carbonyl (C=O) groups excluding carboxylic acids is 1. The number of sulfonamides is 1. The molecule has 0 bridgehead atoms. The summed E-state index contributed by atoms with van der Waals surface area (Å²) in [4.78, 5) is 11.8. The van der Waals surface area contributed by atoms with Gasteiger partial charge in [-0.1, -0.05) is 12.1 Å². The number of ether oxygens (including phenoxy) is 2. The summed E-state index contributed by atoms with van der Waals surface area (Å²) in [5.74, 6) is -0.648. The van der Waals surface area contributed by atoms with Crippen molar-refractivity contribution in [2.75, 3.05) is 32.6 Å². The van der Waals surface area contributed by atoms with E-state index in [2.05, 4.69) is 4.74 Å². The average molecular weight is 314 g/mol. The van der Waals surface area contributed by atoms with Crippen LogP contribution >= 0.6 is 0 Å². The molecule has 21 heavy (non-hydrogen) atoms. The number of hydrogen-bond donors (Lipinski definition) is 1. The van der Waals surface area contributed by atoms with Crippen molar-refractivity contribution in [3.63, 3.8) is 0 Å². The zero-order valence-corrected chi connectivity index (χ0v) is 12.7. The van der Waals surface area contributed by atoms with Crippen LogP contribution in [0.3, 0.4) is 0 Å². The van der Waals surface area contributed by atoms with E-state index in [4.69, 9.17) is 10.5 Å². The Labute approximate surface area is 123 Å². The molecule has 8 heteroatoms. The van der Waals surface area contributed by atoms with Crippen LogP contribution in [0.4, 0.5) is 5.69 Å². The highest BCUT2D eigenvalue weighted by Gasteiger charge is 2.40. The van der Waals surface area contributed by atoms with Crippen LogP contribution in [-0.4, -0.2) is 51.6 Å². The largest absolute Gasteiger partial charge is 0.468 e. The van der Waals surface area contributed by atoms with Crippen LogP contribution in [0.5, 0.6) is 0 Å². The van der Waals surface area contributed by atoms with E-state index < -0.39 is 22.0 Å². The van der Waals surface area contributed by atoms with Gasteiger partial charge in [-0.25, -0.2) is 8.42 Å². The Morgan fingerprint density at radius 2 is 2.19 bits per heavy atom. The van der Waals surface area contributed by atoms with Crippen molar-refractivity contribution in [1.29, 1.82) is 0 Å². The molecule has 1 aromatic carbocycles. The van der Waals surface area contributed by atoms with Crippen molar-refractivity contribution >= 4 is 21.7 Å². The van der Waals surface area contributed by atoms with Gasteiger partial charge in [0.05, 0.1) is 26.0 Å². The Hall–Kier alpha value is -1.64. The maximum atomic E-state index is 12.8. The number of anilines is 1. The number of rotatable bonds is 3. The SMILES string of the molecule is COC(=O)C1COCCN1S(=O)(=O)c1c(C)cccc1N. The van der Waals surface area contributed by atoms with Gasteiger partial charge >= 0.3 is 5.97 Å². The van der Waals surface area contributed by atoms with Gasteiger partial charge in [0.15, 0.2) is 0 Å². The summed E-state index contributed by atoms with van der Waals surface area (Å²) < 4.78 is 36.6. The van der Waals surface area contributed by atoms with Gasteiger partial charge in [-0.2, -0.15) is 4.31 Å². The number of morpholine rings is 1. The summed E-state index contributed by atoms with van der Waals surface area (Å²) in [5.41, 5.74) is 6.50. The van der Waals surface area contributed by atoms with Gasteiger partial charge in [0.1, 0.15) is 10.9 Å². The predicted molar refractivity (Wildman–Crippen MR) is 76.1 cm³/mol. The highest BCUT2D eigenvalue weighted by molar-refractivity contribution is 7.89. The van der Waals surface area contributed by atoms with E-state index in [1.54, 1.807) is 19.1 Å². The first-order valence-corrected chi connectivity index (χ1v) is 7.86. The van der Waals surface area contributed by atoms with Gasteiger partial charge in [-0.15, -0.1) is 0 Å². The van der Waals surface area contributed by atoms with E-state index in [9.17, 15) is 13.2 Å². The fourth-order valence-electron chi connectivity index (χ4n) is 2.34. The standard InChI is InChI=1S/C13H18N2O5S/c1-9-4-3-5-10(14)12(9)21(17,18)15-6-7-20-8-11(15)13(16)19-2/h3-5,11H,6-8,14H2,1-2H3. The maximum absolute atomic E-state index is 12.8. The first-order valence-electron chi connectivity index (χ1n) is 6.42. The lowest BCUT2D eigenvalue weighted by atomic mass is 10.2. The molecular formula is C13H18N2O5S. The minimum Gasteiger partial charge on any atom is -0.468 e. The maximum Gasteiger partial charge on any atom is 0.326 e. The predicted octanol–water partition coefficient (Wildman–Crippen LogP) is 0.140. The third kappa shape index (κ3) is 2.87. The van der Waals surface area contributed by atoms with Crippen LogP contribution in [0, 0.1) is 6.92 Å². The first kappa shape index (κ1) is 15.7. The lowest BCUT2D eigenvalue weighted by Gasteiger charge is -2.33. The molecule has 1 aliphatic heterocycles. The highest BCUT2D eigenvalue weighted by Crippen LogP contribution is 2.28. The number of nitrogens with two attached hydrogens (primary N) is 1. The lowest BCUT2D eigenvalue weighted by molar-refractivity contribution is -0.149. The number of benzene rings is 1. The molecule has 1 fully saturated rings. The molecule has 1 aromatic rings. The van der Waals surface area contributed by atoms with E-state index in [1.165, 1.54) is 13.2 Å². The molecule has 0 radical (unpaired) electrons. The summed E-state index contributed by atoms with van der Waals surface area (Å²) >= 11 is 0. The van der Waals surface area contributed by atoms with Crippen LogP contribution in [-0.2, 0) is 24.3 Å². The van der Waals surface area contributed by atoms with Crippen molar-refractivity contribution in [3.05, 3.63) is 23.8 Å². The molecule has 0 amide bonds. The monoisotopic (exact) mass is 314 g/mol. The molecule has 116 valence electrons. The number of nitrogens with zero attached hydrogens (tertiary/aromatic N) is 1. The number of esters is 1. The van der Waals surface area contributed by atoms with Gasteiger partial charge in [0, 0.05) is 6.54 Å². The van der Waals surface area contributed by atoms with E-state index in [1.807, 2.05) is 0 Å². The van der Waals surface area contributed by atoms with E-state index in [0.717, 1.165) is 4.31 Å². The Kier molecular flexibility index (Phi) is 4.50. The van der Waals surface area contributed by atoms with E-state index in [0.29, 0.717) is 5.56 Å². The molecule has 1 atom stereocenters. The van der Waals surface area contributed by atoms with Gasteiger partial charge in [-0.05, 0) is 18.6 Å². The summed E-state index contributed by atoms with van der Waals surface area (Å²) in [7, 11) is -2.69. The molecule has 1 aliphatic rings. The first-order chi connectivity index (χ1) is 9.89. The van der Waals surface area contributed by atoms with Gasteiger partial charge in [0.2, 0.25) is 10.0 Å². The fraction of sp³-hybridized carbons (Fsp3) is 0.462. The smallest absolute Gasteiger partial charge is 0.326 e. The van der Waals surface area contributed by atoms with Crippen molar-refractivity contribution in [1.82, 2.24) is 4.31 Å². The Morgan fingerprint density at radius 1 is 1.48 bits per heavy atom. The molecule has 2 rings (SSSR count). The molecule has 7 nitrogen and oxygen atoms in total.